The van der Waals surface area contributed by atoms with Gasteiger partial charge in [0.05, 0.1) is 25.1 Å². The standard InChI is InChI=1S/C9H22NO7PS/c1-5-8(2)17-9(7-16-18(11,12)13)6-10(3)19(4,14)15/h8-9H,5-7H2,1-4H3,(H2,11,12,13)/t8-,9-/m0/s1. The van der Waals surface area contributed by atoms with Crippen molar-refractivity contribution in [3.05, 3.63) is 0 Å². The van der Waals surface area contributed by atoms with Crippen molar-refractivity contribution in [3.8, 4) is 0 Å². The van der Waals surface area contributed by atoms with Crippen molar-refractivity contribution in [2.24, 2.45) is 0 Å². The van der Waals surface area contributed by atoms with E-state index in [1.165, 1.54) is 7.05 Å². The van der Waals surface area contributed by atoms with Gasteiger partial charge in [0.2, 0.25) is 10.0 Å². The molecular weight excluding hydrogens is 297 g/mol. The highest BCUT2D eigenvalue weighted by molar-refractivity contribution is 7.88. The van der Waals surface area contributed by atoms with Crippen molar-refractivity contribution in [1.82, 2.24) is 4.31 Å². The molecule has 0 rings (SSSR count). The van der Waals surface area contributed by atoms with Crippen LogP contribution >= 0.6 is 7.82 Å². The number of ether oxygens (including phenoxy) is 1. The number of likely N-dealkylation sites (N-methyl/N-ethyl adjacent to an activating group) is 1. The summed E-state index contributed by atoms with van der Waals surface area (Å²) in [6.07, 6.45) is 0.812. The van der Waals surface area contributed by atoms with Gasteiger partial charge >= 0.3 is 7.82 Å². The Morgan fingerprint density at radius 1 is 1.37 bits per heavy atom. The summed E-state index contributed by atoms with van der Waals surface area (Å²) >= 11 is 0. The maximum absolute atomic E-state index is 11.3. The molecule has 0 aliphatic rings. The van der Waals surface area contributed by atoms with Gasteiger partial charge in [0, 0.05) is 13.6 Å². The zero-order valence-corrected chi connectivity index (χ0v) is 13.2. The van der Waals surface area contributed by atoms with Crippen LogP contribution in [-0.4, -0.2) is 61.2 Å². The summed E-state index contributed by atoms with van der Waals surface area (Å²) in [5, 5.41) is 0. The average molecular weight is 319 g/mol. The van der Waals surface area contributed by atoms with Crippen LogP contribution in [-0.2, 0) is 23.8 Å². The Morgan fingerprint density at radius 3 is 2.26 bits per heavy atom. The third-order valence-corrected chi connectivity index (χ3v) is 4.22. The lowest BCUT2D eigenvalue weighted by atomic mass is 10.3. The zero-order chi connectivity index (χ0) is 15.3. The van der Waals surface area contributed by atoms with Crippen LogP contribution in [0.25, 0.3) is 0 Å². The van der Waals surface area contributed by atoms with Crippen LogP contribution in [0.3, 0.4) is 0 Å². The Morgan fingerprint density at radius 2 is 1.89 bits per heavy atom. The van der Waals surface area contributed by atoms with Crippen LogP contribution in [0.2, 0.25) is 0 Å². The SMILES string of the molecule is CC[C@H](C)O[C@H](COP(=O)(O)O)CN(C)S(C)(=O)=O. The fourth-order valence-corrected chi connectivity index (χ4v) is 1.96. The fourth-order valence-electron chi connectivity index (χ4n) is 1.16. The number of hydrogen-bond donors (Lipinski definition) is 2. The number of hydrogen-bond acceptors (Lipinski definition) is 5. The Balaban J connectivity index is 4.63. The molecule has 0 aromatic rings. The van der Waals surface area contributed by atoms with E-state index >= 15 is 0 Å². The average Bonchev–Trinajstić information content (AvgIpc) is 2.23. The molecule has 0 aromatic heterocycles. The minimum Gasteiger partial charge on any atom is -0.371 e. The molecule has 0 unspecified atom stereocenters. The summed E-state index contributed by atoms with van der Waals surface area (Å²) in [7, 11) is -6.63. The van der Waals surface area contributed by atoms with Crippen LogP contribution in [0.5, 0.6) is 0 Å². The molecule has 2 atom stereocenters. The van der Waals surface area contributed by atoms with Crippen LogP contribution in [0, 0.1) is 0 Å². The summed E-state index contributed by atoms with van der Waals surface area (Å²) in [5.41, 5.74) is 0. The predicted octanol–water partition coefficient (Wildman–Crippen LogP) is 0.171. The van der Waals surface area contributed by atoms with Gasteiger partial charge in [-0.3, -0.25) is 4.52 Å². The molecule has 0 amide bonds. The lowest BCUT2D eigenvalue weighted by Crippen LogP contribution is -2.38. The van der Waals surface area contributed by atoms with Crippen molar-refractivity contribution in [2.75, 3.05) is 26.5 Å². The molecule has 0 spiro atoms. The predicted molar refractivity (Wildman–Crippen MR) is 70.1 cm³/mol. The summed E-state index contributed by atoms with van der Waals surface area (Å²) in [6.45, 7) is 3.24. The third-order valence-electron chi connectivity index (χ3n) is 2.46. The van der Waals surface area contributed by atoms with Gasteiger partial charge in [0.1, 0.15) is 0 Å². The van der Waals surface area contributed by atoms with E-state index in [0.717, 1.165) is 10.6 Å². The van der Waals surface area contributed by atoms with Gasteiger partial charge in [0.25, 0.3) is 0 Å². The van der Waals surface area contributed by atoms with Gasteiger partial charge in [-0.15, -0.1) is 0 Å². The maximum Gasteiger partial charge on any atom is 0.469 e. The van der Waals surface area contributed by atoms with Gasteiger partial charge in [-0.1, -0.05) is 6.92 Å². The molecule has 19 heavy (non-hydrogen) atoms. The molecule has 0 aromatic carbocycles. The molecule has 0 aliphatic carbocycles. The Labute approximate surface area is 114 Å². The van der Waals surface area contributed by atoms with Crippen LogP contribution in [0.15, 0.2) is 0 Å². The van der Waals surface area contributed by atoms with Crippen LogP contribution < -0.4 is 0 Å². The van der Waals surface area contributed by atoms with Crippen LogP contribution in [0.4, 0.5) is 0 Å². The molecule has 8 nitrogen and oxygen atoms in total. The highest BCUT2D eigenvalue weighted by Crippen LogP contribution is 2.36. The van der Waals surface area contributed by atoms with Crippen molar-refractivity contribution >= 4 is 17.8 Å². The first-order valence-electron chi connectivity index (χ1n) is 5.72. The largest absolute Gasteiger partial charge is 0.469 e. The zero-order valence-electron chi connectivity index (χ0n) is 11.5. The van der Waals surface area contributed by atoms with E-state index in [4.69, 9.17) is 14.5 Å². The minimum absolute atomic E-state index is 0.0385. The lowest BCUT2D eigenvalue weighted by molar-refractivity contribution is -0.0366. The number of nitrogens with zero attached hydrogens (tertiary/aromatic N) is 1. The molecule has 0 bridgehead atoms. The molecule has 0 saturated carbocycles. The van der Waals surface area contributed by atoms with Crippen molar-refractivity contribution in [2.45, 2.75) is 32.5 Å². The van der Waals surface area contributed by atoms with E-state index in [1.54, 1.807) is 6.92 Å². The second-order valence-electron chi connectivity index (χ2n) is 4.31. The Bertz CT molecular complexity index is 407. The van der Waals surface area contributed by atoms with Gasteiger partial charge < -0.3 is 14.5 Å². The molecule has 10 heteroatoms. The van der Waals surface area contributed by atoms with Crippen molar-refractivity contribution < 1.29 is 32.0 Å². The molecule has 2 N–H and O–H groups in total. The smallest absolute Gasteiger partial charge is 0.371 e. The first-order chi connectivity index (χ1) is 8.45. The maximum atomic E-state index is 11.3. The highest BCUT2D eigenvalue weighted by Gasteiger charge is 2.24. The molecule has 0 heterocycles. The summed E-state index contributed by atoms with van der Waals surface area (Å²) in [4.78, 5) is 17.3. The van der Waals surface area contributed by atoms with Gasteiger partial charge in [-0.05, 0) is 13.3 Å². The molecule has 0 fully saturated rings. The number of rotatable bonds is 9. The topological polar surface area (TPSA) is 113 Å². The Kier molecular flexibility index (Phi) is 7.67. The van der Waals surface area contributed by atoms with Crippen molar-refractivity contribution in [1.29, 1.82) is 0 Å². The summed E-state index contributed by atoms with van der Waals surface area (Å²) in [6, 6.07) is 0. The normalized spacial score (nSPS) is 16.6. The molecule has 0 saturated heterocycles. The Hall–Kier alpha value is -0.0200. The fraction of sp³-hybridized carbons (Fsp3) is 1.00. The van der Waals surface area contributed by atoms with Crippen molar-refractivity contribution in [3.63, 3.8) is 0 Å². The van der Waals surface area contributed by atoms with Gasteiger partial charge in [-0.2, -0.15) is 0 Å². The lowest BCUT2D eigenvalue weighted by Gasteiger charge is -2.25. The summed E-state index contributed by atoms with van der Waals surface area (Å²) < 4.78 is 44.2. The second-order valence-corrected chi connectivity index (χ2v) is 7.64. The quantitative estimate of drug-likeness (QED) is 0.582. The number of sulfonamides is 1. The highest BCUT2D eigenvalue weighted by atomic mass is 32.2. The monoisotopic (exact) mass is 319 g/mol. The van der Waals surface area contributed by atoms with Crippen LogP contribution in [0.1, 0.15) is 20.3 Å². The first kappa shape index (κ1) is 19.0. The number of phosphoric ester groups is 1. The van der Waals surface area contributed by atoms with E-state index in [1.807, 2.05) is 6.92 Å². The van der Waals surface area contributed by atoms with E-state index in [-0.39, 0.29) is 19.3 Å². The third kappa shape index (κ3) is 9.50. The minimum atomic E-state index is -4.60. The van der Waals surface area contributed by atoms with E-state index in [0.29, 0.717) is 6.42 Å². The molecule has 0 radical (unpaired) electrons. The van der Waals surface area contributed by atoms with E-state index in [9.17, 15) is 13.0 Å². The number of phosphoric acid groups is 1. The van der Waals surface area contributed by atoms with E-state index in [2.05, 4.69) is 4.52 Å². The second kappa shape index (κ2) is 7.68. The van der Waals surface area contributed by atoms with E-state index < -0.39 is 23.9 Å². The summed E-state index contributed by atoms with van der Waals surface area (Å²) in [5.74, 6) is 0. The molecule has 116 valence electrons. The first-order valence-corrected chi connectivity index (χ1v) is 9.10. The van der Waals surface area contributed by atoms with Gasteiger partial charge in [0.15, 0.2) is 0 Å². The molecular formula is C9H22NO7PS. The van der Waals surface area contributed by atoms with Gasteiger partial charge in [-0.25, -0.2) is 17.3 Å². The molecule has 0 aliphatic heterocycles.